The SMILES string of the molecule is Cc1cc(C(c2ccc(Br)cc2)C(C=NO)c2ccccc2)cc(C)n1. The molecular weight excluding hydrogens is 388 g/mol. The van der Waals surface area contributed by atoms with Crippen molar-refractivity contribution in [2.45, 2.75) is 25.7 Å². The first-order valence-corrected chi connectivity index (χ1v) is 9.31. The van der Waals surface area contributed by atoms with Crippen LogP contribution in [-0.4, -0.2) is 16.4 Å². The molecule has 0 saturated heterocycles. The monoisotopic (exact) mass is 408 g/mol. The van der Waals surface area contributed by atoms with Crippen molar-refractivity contribution in [2.75, 3.05) is 0 Å². The Morgan fingerprint density at radius 3 is 2.08 bits per heavy atom. The molecule has 4 heteroatoms. The molecule has 0 radical (unpaired) electrons. The van der Waals surface area contributed by atoms with E-state index in [1.54, 1.807) is 6.21 Å². The third-order valence-corrected chi connectivity index (χ3v) is 4.99. The highest BCUT2D eigenvalue weighted by atomic mass is 79.9. The molecule has 0 fully saturated rings. The van der Waals surface area contributed by atoms with E-state index in [1.165, 1.54) is 0 Å². The van der Waals surface area contributed by atoms with Crippen LogP contribution in [0.3, 0.4) is 0 Å². The Morgan fingerprint density at radius 1 is 0.885 bits per heavy atom. The number of nitrogens with zero attached hydrogens (tertiary/aromatic N) is 2. The molecule has 0 aliphatic carbocycles. The fourth-order valence-electron chi connectivity index (χ4n) is 3.44. The van der Waals surface area contributed by atoms with Crippen molar-refractivity contribution in [3.8, 4) is 0 Å². The third kappa shape index (κ3) is 4.20. The summed E-state index contributed by atoms with van der Waals surface area (Å²) in [6, 6.07) is 22.7. The van der Waals surface area contributed by atoms with Gasteiger partial charge in [0.1, 0.15) is 0 Å². The maximum atomic E-state index is 9.34. The highest BCUT2D eigenvalue weighted by Crippen LogP contribution is 2.38. The highest BCUT2D eigenvalue weighted by Gasteiger charge is 2.26. The number of aromatic nitrogens is 1. The van der Waals surface area contributed by atoms with Crippen molar-refractivity contribution in [3.63, 3.8) is 0 Å². The minimum Gasteiger partial charge on any atom is -0.411 e. The van der Waals surface area contributed by atoms with E-state index >= 15 is 0 Å². The van der Waals surface area contributed by atoms with E-state index in [0.717, 1.165) is 32.6 Å². The van der Waals surface area contributed by atoms with Gasteiger partial charge in [0, 0.05) is 27.7 Å². The zero-order chi connectivity index (χ0) is 18.5. The van der Waals surface area contributed by atoms with Crippen LogP contribution in [0.1, 0.15) is 39.9 Å². The molecule has 1 N–H and O–H groups in total. The summed E-state index contributed by atoms with van der Waals surface area (Å²) in [6.07, 6.45) is 1.62. The van der Waals surface area contributed by atoms with Gasteiger partial charge in [-0.1, -0.05) is 58.4 Å². The summed E-state index contributed by atoms with van der Waals surface area (Å²) >= 11 is 3.51. The van der Waals surface area contributed by atoms with Gasteiger partial charge < -0.3 is 5.21 Å². The Balaban J connectivity index is 2.19. The molecule has 3 nitrogen and oxygen atoms in total. The van der Waals surface area contributed by atoms with E-state index in [4.69, 9.17) is 0 Å². The van der Waals surface area contributed by atoms with E-state index in [1.807, 2.05) is 44.2 Å². The molecule has 0 aliphatic rings. The predicted molar refractivity (Wildman–Crippen MR) is 109 cm³/mol. The van der Waals surface area contributed by atoms with Crippen LogP contribution < -0.4 is 0 Å². The molecule has 0 saturated carbocycles. The number of oxime groups is 1. The number of benzene rings is 2. The molecule has 2 aromatic carbocycles. The van der Waals surface area contributed by atoms with Crippen LogP contribution in [0, 0.1) is 13.8 Å². The first kappa shape index (κ1) is 18.3. The lowest BCUT2D eigenvalue weighted by molar-refractivity contribution is 0.319. The largest absolute Gasteiger partial charge is 0.411 e. The lowest BCUT2D eigenvalue weighted by Crippen LogP contribution is -2.15. The maximum absolute atomic E-state index is 9.34. The molecular formula is C22H21BrN2O. The lowest BCUT2D eigenvalue weighted by Gasteiger charge is -2.26. The number of hydrogen-bond donors (Lipinski definition) is 1. The van der Waals surface area contributed by atoms with Gasteiger partial charge in [-0.25, -0.2) is 0 Å². The Kier molecular flexibility index (Phi) is 5.84. The molecule has 132 valence electrons. The average Bonchev–Trinajstić information content (AvgIpc) is 2.63. The summed E-state index contributed by atoms with van der Waals surface area (Å²) in [7, 11) is 0. The topological polar surface area (TPSA) is 45.5 Å². The van der Waals surface area contributed by atoms with Gasteiger partial charge in [0.25, 0.3) is 0 Å². The van der Waals surface area contributed by atoms with Gasteiger partial charge in [-0.2, -0.15) is 0 Å². The quantitative estimate of drug-likeness (QED) is 0.327. The minimum absolute atomic E-state index is 0.0156. The number of hydrogen-bond acceptors (Lipinski definition) is 3. The van der Waals surface area contributed by atoms with Gasteiger partial charge in [0.05, 0.1) is 6.21 Å². The van der Waals surface area contributed by atoms with Gasteiger partial charge in [0.2, 0.25) is 0 Å². The molecule has 0 bridgehead atoms. The van der Waals surface area contributed by atoms with Gasteiger partial charge in [-0.05, 0) is 54.8 Å². The lowest BCUT2D eigenvalue weighted by atomic mass is 9.77. The first-order valence-electron chi connectivity index (χ1n) is 8.51. The summed E-state index contributed by atoms with van der Waals surface area (Å²) in [5.74, 6) is -0.0784. The first-order chi connectivity index (χ1) is 12.6. The number of pyridine rings is 1. The van der Waals surface area contributed by atoms with Crippen molar-refractivity contribution >= 4 is 22.1 Å². The smallest absolute Gasteiger partial charge is 0.0520 e. The Labute approximate surface area is 162 Å². The number of halogens is 1. The van der Waals surface area contributed by atoms with E-state index in [2.05, 4.69) is 62.5 Å². The fraction of sp³-hybridized carbons (Fsp3) is 0.182. The Hall–Kier alpha value is -2.46. The predicted octanol–water partition coefficient (Wildman–Crippen LogP) is 5.84. The summed E-state index contributed by atoms with van der Waals surface area (Å²) in [4.78, 5) is 4.51. The van der Waals surface area contributed by atoms with Crippen LogP contribution in [-0.2, 0) is 0 Å². The van der Waals surface area contributed by atoms with Crippen molar-refractivity contribution in [1.82, 2.24) is 4.98 Å². The third-order valence-electron chi connectivity index (χ3n) is 4.46. The molecule has 1 heterocycles. The van der Waals surface area contributed by atoms with Gasteiger partial charge in [-0.3, -0.25) is 4.98 Å². The van der Waals surface area contributed by atoms with Gasteiger partial charge in [0.15, 0.2) is 0 Å². The zero-order valence-electron chi connectivity index (χ0n) is 14.8. The van der Waals surface area contributed by atoms with E-state index in [-0.39, 0.29) is 11.8 Å². The molecule has 26 heavy (non-hydrogen) atoms. The Bertz CT molecular complexity index is 872. The number of aryl methyl sites for hydroxylation is 2. The van der Waals surface area contributed by atoms with Crippen molar-refractivity contribution < 1.29 is 5.21 Å². The van der Waals surface area contributed by atoms with Gasteiger partial charge in [-0.15, -0.1) is 5.16 Å². The molecule has 1 aromatic heterocycles. The minimum atomic E-state index is -0.0939. The molecule has 0 spiro atoms. The van der Waals surface area contributed by atoms with Crippen LogP contribution in [0.15, 0.2) is 76.4 Å². The average molecular weight is 409 g/mol. The molecule has 3 rings (SSSR count). The van der Waals surface area contributed by atoms with Crippen LogP contribution >= 0.6 is 15.9 Å². The van der Waals surface area contributed by atoms with E-state index in [0.29, 0.717) is 0 Å². The van der Waals surface area contributed by atoms with Crippen LogP contribution in [0.25, 0.3) is 0 Å². The van der Waals surface area contributed by atoms with Crippen molar-refractivity contribution in [2.24, 2.45) is 5.16 Å². The Morgan fingerprint density at radius 2 is 1.50 bits per heavy atom. The highest BCUT2D eigenvalue weighted by molar-refractivity contribution is 9.10. The van der Waals surface area contributed by atoms with Crippen LogP contribution in [0.4, 0.5) is 0 Å². The van der Waals surface area contributed by atoms with Crippen LogP contribution in [0.5, 0.6) is 0 Å². The van der Waals surface area contributed by atoms with Crippen molar-refractivity contribution in [3.05, 3.63) is 99.3 Å². The molecule has 3 aromatic rings. The molecule has 0 amide bonds. The van der Waals surface area contributed by atoms with Crippen molar-refractivity contribution in [1.29, 1.82) is 0 Å². The maximum Gasteiger partial charge on any atom is 0.0520 e. The second-order valence-corrected chi connectivity index (χ2v) is 7.33. The van der Waals surface area contributed by atoms with Gasteiger partial charge >= 0.3 is 0 Å². The summed E-state index contributed by atoms with van der Waals surface area (Å²) in [5, 5.41) is 12.7. The normalized spacial score (nSPS) is 13.7. The molecule has 0 aliphatic heterocycles. The van der Waals surface area contributed by atoms with E-state index < -0.39 is 0 Å². The second-order valence-electron chi connectivity index (χ2n) is 6.41. The zero-order valence-corrected chi connectivity index (χ0v) is 16.4. The standard InChI is InChI=1S/C22H21BrN2O/c1-15-12-19(13-16(2)25-15)22(18-8-10-20(23)11-9-18)21(14-24-26)17-6-4-3-5-7-17/h3-14,21-22,26H,1-2H3. The number of rotatable bonds is 5. The summed E-state index contributed by atoms with van der Waals surface area (Å²) in [5.41, 5.74) is 5.38. The summed E-state index contributed by atoms with van der Waals surface area (Å²) in [6.45, 7) is 4.01. The van der Waals surface area contributed by atoms with Crippen LogP contribution in [0.2, 0.25) is 0 Å². The summed E-state index contributed by atoms with van der Waals surface area (Å²) < 4.78 is 1.04. The van der Waals surface area contributed by atoms with E-state index in [9.17, 15) is 5.21 Å². The molecule has 2 unspecified atom stereocenters. The fourth-order valence-corrected chi connectivity index (χ4v) is 3.70. The second kappa shape index (κ2) is 8.28. The molecule has 2 atom stereocenters.